The molecule has 10 nitrogen and oxygen atoms in total. The molecule has 2 aromatic rings. The minimum Gasteiger partial charge on any atom is -0.497 e. The average molecular weight is 622 g/mol. The number of rotatable bonds is 10. The summed E-state index contributed by atoms with van der Waals surface area (Å²) in [6.45, 7) is 3.68. The summed E-state index contributed by atoms with van der Waals surface area (Å²) in [5.74, 6) is 0.00764. The molecule has 2 unspecified atom stereocenters. The Bertz CT molecular complexity index is 1330. The lowest BCUT2D eigenvalue weighted by molar-refractivity contribution is -0.134. The lowest BCUT2D eigenvalue weighted by Crippen LogP contribution is -2.43. The summed E-state index contributed by atoms with van der Waals surface area (Å²) >= 11 is 0. The first-order valence-corrected chi connectivity index (χ1v) is 15.5. The van der Waals surface area contributed by atoms with Crippen LogP contribution in [0.5, 0.6) is 11.5 Å². The molecular weight excluding hydrogens is 574 g/mol. The van der Waals surface area contributed by atoms with Crippen LogP contribution >= 0.6 is 0 Å². The van der Waals surface area contributed by atoms with E-state index in [0.717, 1.165) is 11.1 Å². The number of nitrogens with zero attached hydrogens (tertiary/aromatic N) is 2. The van der Waals surface area contributed by atoms with E-state index in [1.165, 1.54) is 0 Å². The van der Waals surface area contributed by atoms with Gasteiger partial charge < -0.3 is 29.5 Å². The number of carbonyl (C=O) groups is 3. The smallest absolute Gasteiger partial charge is 0.408 e. The maximum Gasteiger partial charge on any atom is 0.408 e. The van der Waals surface area contributed by atoms with Crippen LogP contribution in [-0.4, -0.2) is 73.6 Å². The van der Waals surface area contributed by atoms with Crippen LogP contribution in [0.25, 0.3) is 0 Å². The average Bonchev–Trinajstić information content (AvgIpc) is 3.02. The fraction of sp³-hybridized carbons (Fsp3) is 0.486. The summed E-state index contributed by atoms with van der Waals surface area (Å²) in [6.07, 6.45) is 5.34. The van der Waals surface area contributed by atoms with Crippen molar-refractivity contribution in [1.82, 2.24) is 10.2 Å². The molecule has 2 N–H and O–H groups in total. The number of allylic oxidation sites excluding steroid dienone is 2. The lowest BCUT2D eigenvalue weighted by Gasteiger charge is -2.24. The number of aliphatic hydroxyl groups excluding tert-OH is 1. The highest BCUT2D eigenvalue weighted by Gasteiger charge is 2.28. The third-order valence-corrected chi connectivity index (χ3v) is 7.68. The van der Waals surface area contributed by atoms with Crippen molar-refractivity contribution in [2.24, 2.45) is 16.8 Å². The number of cyclic esters (lactones) is 1. The Morgan fingerprint density at radius 1 is 1.11 bits per heavy atom. The number of benzene rings is 2. The van der Waals surface area contributed by atoms with Crippen molar-refractivity contribution >= 4 is 23.6 Å². The van der Waals surface area contributed by atoms with Gasteiger partial charge in [0.25, 0.3) is 5.91 Å². The van der Waals surface area contributed by atoms with Gasteiger partial charge in [-0.05, 0) is 49.3 Å². The summed E-state index contributed by atoms with van der Waals surface area (Å²) in [7, 11) is 4.86. The van der Waals surface area contributed by atoms with Gasteiger partial charge in [-0.3, -0.25) is 9.59 Å². The van der Waals surface area contributed by atoms with Crippen LogP contribution in [0.15, 0.2) is 65.7 Å². The lowest BCUT2D eigenvalue weighted by atomic mass is 9.95. The van der Waals surface area contributed by atoms with Crippen molar-refractivity contribution in [3.8, 4) is 11.5 Å². The molecule has 45 heavy (non-hydrogen) atoms. The Morgan fingerprint density at radius 3 is 2.53 bits per heavy atom. The van der Waals surface area contributed by atoms with Crippen LogP contribution in [0.2, 0.25) is 0 Å². The molecule has 0 saturated heterocycles. The largest absolute Gasteiger partial charge is 0.497 e. The van der Waals surface area contributed by atoms with Crippen LogP contribution in [0.4, 0.5) is 4.79 Å². The molecule has 3 atom stereocenters. The molecule has 3 amide bonds. The maximum absolute atomic E-state index is 13.8. The minimum absolute atomic E-state index is 0.0800. The van der Waals surface area contributed by atoms with E-state index in [2.05, 4.69) is 10.3 Å². The number of hydrogen-bond donors (Lipinski definition) is 2. The summed E-state index contributed by atoms with van der Waals surface area (Å²) < 4.78 is 16.6. The summed E-state index contributed by atoms with van der Waals surface area (Å²) in [5.41, 5.74) is 2.03. The topological polar surface area (TPSA) is 127 Å². The van der Waals surface area contributed by atoms with Crippen LogP contribution < -0.4 is 14.8 Å². The molecule has 1 aliphatic rings. The van der Waals surface area contributed by atoms with Crippen LogP contribution in [0, 0.1) is 11.8 Å². The molecule has 0 aromatic heterocycles. The second-order valence-electron chi connectivity index (χ2n) is 11.8. The van der Waals surface area contributed by atoms with Crippen LogP contribution in [-0.2, 0) is 27.3 Å². The molecular formula is C35H47N3O7. The van der Waals surface area contributed by atoms with Crippen molar-refractivity contribution in [1.29, 1.82) is 0 Å². The van der Waals surface area contributed by atoms with E-state index in [1.54, 1.807) is 32.2 Å². The van der Waals surface area contributed by atoms with Gasteiger partial charge >= 0.3 is 6.09 Å². The molecule has 0 bridgehead atoms. The SMILES string of the molecule is COc1ccc(CN(C)C(=O)C2C/C=C/CCC(Cc3ccccc3)OC(=O)N[C@@H](CC(C)C)C(=O)N=C(CO)C2)c(OC)c1. The Labute approximate surface area is 266 Å². The zero-order valence-corrected chi connectivity index (χ0v) is 27.0. The molecule has 0 aliphatic carbocycles. The van der Waals surface area contributed by atoms with E-state index < -0.39 is 36.7 Å². The Kier molecular flexibility index (Phi) is 14.1. The monoisotopic (exact) mass is 621 g/mol. The number of methoxy groups -OCH3 is 2. The molecule has 0 spiro atoms. The van der Waals surface area contributed by atoms with Gasteiger partial charge in [-0.15, -0.1) is 0 Å². The zero-order chi connectivity index (χ0) is 32.8. The number of aliphatic hydroxyl groups is 1. The number of aliphatic imine (C=N–C) groups is 1. The highest BCUT2D eigenvalue weighted by atomic mass is 16.6. The molecule has 1 heterocycles. The highest BCUT2D eigenvalue weighted by molar-refractivity contribution is 6.00. The third kappa shape index (κ3) is 11.4. The van der Waals surface area contributed by atoms with E-state index in [4.69, 9.17) is 14.2 Å². The fourth-order valence-corrected chi connectivity index (χ4v) is 5.32. The standard InChI is InChI=1S/C35H47N3O7/c1-24(2)18-31-33(40)36-28(23-39)20-26(34(41)38(3)22-27-16-17-29(43-4)21-32(27)44-5)14-10-7-11-15-30(45-35(42)37-31)19-25-12-8-6-9-13-25/h6-10,12-13,16-17,21,24,26,30-31,39H,11,14-15,18-20,22-23H2,1-5H3,(H,37,42)/b10-7+,36-28?/t26?,30?,31-/m0/s1. The first-order chi connectivity index (χ1) is 21.6. The van der Waals surface area contributed by atoms with Gasteiger partial charge in [0.1, 0.15) is 23.6 Å². The van der Waals surface area contributed by atoms with Gasteiger partial charge in [0.05, 0.1) is 20.8 Å². The van der Waals surface area contributed by atoms with Gasteiger partial charge in [-0.1, -0.05) is 56.3 Å². The number of nitrogens with one attached hydrogen (secondary N) is 1. The summed E-state index contributed by atoms with van der Waals surface area (Å²) in [6, 6.07) is 14.3. The van der Waals surface area contributed by atoms with Gasteiger partial charge in [-0.2, -0.15) is 0 Å². The molecule has 3 rings (SSSR count). The van der Waals surface area contributed by atoms with Crippen molar-refractivity contribution < 1.29 is 33.7 Å². The number of amides is 3. The van der Waals surface area contributed by atoms with Crippen molar-refractivity contribution in [2.45, 2.75) is 71.1 Å². The zero-order valence-electron chi connectivity index (χ0n) is 27.0. The number of carbonyl (C=O) groups excluding carboxylic acids is 3. The number of ether oxygens (including phenoxy) is 3. The van der Waals surface area contributed by atoms with Gasteiger partial charge in [0.15, 0.2) is 0 Å². The summed E-state index contributed by atoms with van der Waals surface area (Å²) in [4.78, 5) is 46.0. The van der Waals surface area contributed by atoms with E-state index in [1.807, 2.05) is 68.5 Å². The van der Waals surface area contributed by atoms with Crippen molar-refractivity contribution in [2.75, 3.05) is 27.9 Å². The maximum atomic E-state index is 13.8. The Balaban J connectivity index is 1.88. The minimum atomic E-state index is -0.931. The Hall–Kier alpha value is -4.18. The molecule has 244 valence electrons. The predicted molar refractivity (Wildman–Crippen MR) is 173 cm³/mol. The van der Waals surface area contributed by atoms with E-state index in [-0.39, 0.29) is 30.5 Å². The van der Waals surface area contributed by atoms with E-state index in [0.29, 0.717) is 43.6 Å². The van der Waals surface area contributed by atoms with E-state index >= 15 is 0 Å². The Morgan fingerprint density at radius 2 is 1.87 bits per heavy atom. The third-order valence-electron chi connectivity index (χ3n) is 7.68. The normalized spacial score (nSPS) is 20.6. The second kappa shape index (κ2) is 17.9. The van der Waals surface area contributed by atoms with Gasteiger partial charge in [-0.25, -0.2) is 9.79 Å². The molecule has 0 saturated carbocycles. The van der Waals surface area contributed by atoms with E-state index in [9.17, 15) is 19.5 Å². The molecule has 1 aliphatic heterocycles. The number of alkyl carbamates (subject to hydrolysis) is 1. The van der Waals surface area contributed by atoms with Gasteiger partial charge in [0, 0.05) is 49.7 Å². The van der Waals surface area contributed by atoms with Gasteiger partial charge in [0.2, 0.25) is 5.91 Å². The molecule has 10 heteroatoms. The first-order valence-electron chi connectivity index (χ1n) is 15.5. The molecule has 2 aromatic carbocycles. The quantitative estimate of drug-likeness (QED) is 0.353. The van der Waals surface area contributed by atoms with Crippen LogP contribution in [0.1, 0.15) is 57.1 Å². The first kappa shape index (κ1) is 35.3. The molecule has 0 radical (unpaired) electrons. The predicted octanol–water partition coefficient (Wildman–Crippen LogP) is 5.12. The van der Waals surface area contributed by atoms with Crippen molar-refractivity contribution in [3.63, 3.8) is 0 Å². The fourth-order valence-electron chi connectivity index (χ4n) is 5.32. The number of hydrogen-bond acceptors (Lipinski definition) is 7. The highest BCUT2D eigenvalue weighted by Crippen LogP contribution is 2.27. The molecule has 0 fully saturated rings. The van der Waals surface area contributed by atoms with Crippen molar-refractivity contribution in [3.05, 3.63) is 71.8 Å². The van der Waals surface area contributed by atoms with Crippen LogP contribution in [0.3, 0.4) is 0 Å². The second-order valence-corrected chi connectivity index (χ2v) is 11.8. The summed E-state index contributed by atoms with van der Waals surface area (Å²) in [5, 5.41) is 12.9.